The summed E-state index contributed by atoms with van der Waals surface area (Å²) in [6.45, 7) is 12.1. The highest BCUT2D eigenvalue weighted by Crippen LogP contribution is 2.34. The number of nitrogens with one attached hydrogen (secondary N) is 3. The van der Waals surface area contributed by atoms with Crippen LogP contribution in [0.2, 0.25) is 0 Å². The van der Waals surface area contributed by atoms with Crippen molar-refractivity contribution in [3.8, 4) is 0 Å². The molecule has 3 aromatic rings. The Balaban J connectivity index is 1.66. The first-order valence-corrected chi connectivity index (χ1v) is 12.2. The van der Waals surface area contributed by atoms with Crippen molar-refractivity contribution in [2.24, 2.45) is 0 Å². The first-order valence-electron chi connectivity index (χ1n) is 12.2. The Bertz CT molecular complexity index is 1270. The maximum Gasteiger partial charge on any atom is 0.256 e. The topological polar surface area (TPSA) is 115 Å². The Hall–Kier alpha value is -3.56. The molecule has 190 valence electrons. The first-order chi connectivity index (χ1) is 17.0. The molecule has 0 unspecified atom stereocenters. The SMILES string of the molecule is CCNC(=O)c1cnc(Nc2ccc3c(c2)CN(C)CC3(C)C)nc1Nc1cccc(C(C)(C)O)n1. The van der Waals surface area contributed by atoms with Crippen molar-refractivity contribution in [3.63, 3.8) is 0 Å². The summed E-state index contributed by atoms with van der Waals surface area (Å²) in [5.74, 6) is 0.846. The summed E-state index contributed by atoms with van der Waals surface area (Å²) in [5.41, 5.74) is 3.26. The molecule has 0 saturated heterocycles. The van der Waals surface area contributed by atoms with Crippen molar-refractivity contribution in [1.29, 1.82) is 0 Å². The van der Waals surface area contributed by atoms with Crippen LogP contribution in [0.4, 0.5) is 23.3 Å². The van der Waals surface area contributed by atoms with Crippen LogP contribution in [0.15, 0.2) is 42.6 Å². The molecular weight excluding hydrogens is 454 g/mol. The zero-order chi connectivity index (χ0) is 26.1. The number of rotatable bonds is 7. The van der Waals surface area contributed by atoms with Gasteiger partial charge < -0.3 is 26.0 Å². The number of likely N-dealkylation sites (N-methyl/N-ethyl adjacent to an activating group) is 1. The third-order valence-electron chi connectivity index (χ3n) is 6.19. The minimum Gasteiger partial charge on any atom is -0.384 e. The number of carbonyl (C=O) groups is 1. The minimum absolute atomic E-state index is 0.0768. The van der Waals surface area contributed by atoms with E-state index in [-0.39, 0.29) is 11.3 Å². The summed E-state index contributed by atoms with van der Waals surface area (Å²) >= 11 is 0. The average Bonchev–Trinajstić information content (AvgIpc) is 2.78. The van der Waals surface area contributed by atoms with Crippen LogP contribution in [0.5, 0.6) is 0 Å². The number of pyridine rings is 1. The van der Waals surface area contributed by atoms with Crippen LogP contribution in [0.1, 0.15) is 61.8 Å². The van der Waals surface area contributed by atoms with Gasteiger partial charge in [-0.1, -0.05) is 26.0 Å². The Labute approximate surface area is 212 Å². The van der Waals surface area contributed by atoms with Gasteiger partial charge in [-0.2, -0.15) is 4.98 Å². The number of fused-ring (bicyclic) bond motifs is 1. The monoisotopic (exact) mass is 489 g/mol. The maximum atomic E-state index is 12.7. The Kier molecular flexibility index (Phi) is 6.97. The van der Waals surface area contributed by atoms with E-state index >= 15 is 0 Å². The molecule has 0 saturated carbocycles. The largest absolute Gasteiger partial charge is 0.384 e. The Morgan fingerprint density at radius 3 is 2.67 bits per heavy atom. The van der Waals surface area contributed by atoms with Crippen LogP contribution in [0.25, 0.3) is 0 Å². The summed E-state index contributed by atoms with van der Waals surface area (Å²) in [4.78, 5) is 28.5. The van der Waals surface area contributed by atoms with Crippen LogP contribution < -0.4 is 16.0 Å². The molecule has 0 radical (unpaired) electrons. The molecule has 9 nitrogen and oxygen atoms in total. The predicted molar refractivity (Wildman–Crippen MR) is 142 cm³/mol. The van der Waals surface area contributed by atoms with E-state index in [4.69, 9.17) is 0 Å². The van der Waals surface area contributed by atoms with Gasteiger partial charge in [0.05, 0.1) is 5.69 Å². The fraction of sp³-hybridized carbons (Fsp3) is 0.407. The number of carbonyl (C=O) groups excluding carboxylic acids is 1. The summed E-state index contributed by atoms with van der Waals surface area (Å²) < 4.78 is 0. The average molecular weight is 490 g/mol. The summed E-state index contributed by atoms with van der Waals surface area (Å²) in [6.07, 6.45) is 1.50. The molecule has 0 atom stereocenters. The van der Waals surface area contributed by atoms with Gasteiger partial charge >= 0.3 is 0 Å². The van der Waals surface area contributed by atoms with Gasteiger partial charge in [0.25, 0.3) is 5.91 Å². The third kappa shape index (κ3) is 5.63. The van der Waals surface area contributed by atoms with E-state index in [1.165, 1.54) is 17.3 Å². The molecular formula is C27H35N7O2. The smallest absolute Gasteiger partial charge is 0.256 e. The van der Waals surface area contributed by atoms with Crippen LogP contribution in [-0.2, 0) is 17.6 Å². The maximum absolute atomic E-state index is 12.7. The Morgan fingerprint density at radius 1 is 1.17 bits per heavy atom. The fourth-order valence-electron chi connectivity index (χ4n) is 4.62. The Morgan fingerprint density at radius 2 is 1.94 bits per heavy atom. The number of amides is 1. The molecule has 0 bridgehead atoms. The van der Waals surface area contributed by atoms with E-state index in [2.05, 4.69) is 68.8 Å². The second kappa shape index (κ2) is 9.83. The molecule has 0 spiro atoms. The van der Waals surface area contributed by atoms with Crippen molar-refractivity contribution >= 4 is 29.2 Å². The summed E-state index contributed by atoms with van der Waals surface area (Å²) in [6, 6.07) is 11.6. The fourth-order valence-corrected chi connectivity index (χ4v) is 4.62. The molecule has 0 fully saturated rings. The van der Waals surface area contributed by atoms with Gasteiger partial charge in [0.1, 0.15) is 22.8 Å². The highest BCUT2D eigenvalue weighted by atomic mass is 16.3. The predicted octanol–water partition coefficient (Wildman–Crippen LogP) is 4.06. The van der Waals surface area contributed by atoms with Crippen molar-refractivity contribution in [2.45, 2.75) is 52.2 Å². The number of anilines is 4. The van der Waals surface area contributed by atoms with Gasteiger partial charge in [0, 0.05) is 36.9 Å². The zero-order valence-corrected chi connectivity index (χ0v) is 21.8. The normalized spacial score (nSPS) is 15.2. The number of hydrogen-bond acceptors (Lipinski definition) is 8. The van der Waals surface area contributed by atoms with Gasteiger partial charge in [-0.3, -0.25) is 4.79 Å². The van der Waals surface area contributed by atoms with Crippen LogP contribution >= 0.6 is 0 Å². The number of aliphatic hydroxyl groups is 1. The molecule has 1 aromatic carbocycles. The van der Waals surface area contributed by atoms with E-state index < -0.39 is 5.60 Å². The molecule has 3 heterocycles. The quantitative estimate of drug-likeness (QED) is 0.393. The van der Waals surface area contributed by atoms with E-state index in [9.17, 15) is 9.90 Å². The van der Waals surface area contributed by atoms with Gasteiger partial charge in [0.2, 0.25) is 5.95 Å². The zero-order valence-electron chi connectivity index (χ0n) is 21.8. The van der Waals surface area contributed by atoms with Gasteiger partial charge in [-0.15, -0.1) is 0 Å². The third-order valence-corrected chi connectivity index (χ3v) is 6.19. The molecule has 9 heteroatoms. The molecule has 4 N–H and O–H groups in total. The lowest BCUT2D eigenvalue weighted by Crippen LogP contribution is -2.39. The van der Waals surface area contributed by atoms with Gasteiger partial charge in [-0.05, 0) is 63.2 Å². The van der Waals surface area contributed by atoms with Gasteiger partial charge in [0.15, 0.2) is 0 Å². The van der Waals surface area contributed by atoms with E-state index in [0.717, 1.165) is 18.8 Å². The molecule has 36 heavy (non-hydrogen) atoms. The van der Waals surface area contributed by atoms with Crippen molar-refractivity contribution in [2.75, 3.05) is 30.8 Å². The second-order valence-electron chi connectivity index (χ2n) is 10.5. The van der Waals surface area contributed by atoms with Crippen molar-refractivity contribution < 1.29 is 9.90 Å². The summed E-state index contributed by atoms with van der Waals surface area (Å²) in [5, 5.41) is 19.6. The molecule has 2 aromatic heterocycles. The number of aromatic nitrogens is 3. The second-order valence-corrected chi connectivity index (χ2v) is 10.5. The number of hydrogen-bond donors (Lipinski definition) is 4. The van der Waals surface area contributed by atoms with Crippen LogP contribution in [0.3, 0.4) is 0 Å². The van der Waals surface area contributed by atoms with Crippen molar-refractivity contribution in [3.05, 3.63) is 65.0 Å². The molecule has 1 amide bonds. The standard InChI is InChI=1S/C27H35N7O2/c1-7-28-24(35)19-14-29-25(33-23(19)32-22-10-8-9-21(31-22)27(4,5)36)30-18-11-12-20-17(13-18)15-34(6)16-26(20,2)3/h8-14,36H,7,15-16H2,1-6H3,(H,28,35)(H2,29,30,31,32,33). The van der Waals surface area contributed by atoms with E-state index in [1.54, 1.807) is 32.0 Å². The number of benzene rings is 1. The van der Waals surface area contributed by atoms with Crippen LogP contribution in [-0.4, -0.2) is 51.0 Å². The highest BCUT2D eigenvalue weighted by molar-refractivity contribution is 5.99. The summed E-state index contributed by atoms with van der Waals surface area (Å²) in [7, 11) is 2.13. The van der Waals surface area contributed by atoms with E-state index in [0.29, 0.717) is 35.4 Å². The lowest BCUT2D eigenvalue weighted by molar-refractivity contribution is 0.0740. The minimum atomic E-state index is -1.10. The van der Waals surface area contributed by atoms with Crippen LogP contribution in [0, 0.1) is 0 Å². The molecule has 4 rings (SSSR count). The molecule has 1 aliphatic heterocycles. The molecule has 0 aliphatic carbocycles. The first kappa shape index (κ1) is 25.5. The number of nitrogens with zero attached hydrogens (tertiary/aromatic N) is 4. The molecule has 1 aliphatic rings. The van der Waals surface area contributed by atoms with Gasteiger partial charge in [-0.25, -0.2) is 9.97 Å². The lowest BCUT2D eigenvalue weighted by Gasteiger charge is -2.38. The lowest BCUT2D eigenvalue weighted by atomic mass is 9.78. The van der Waals surface area contributed by atoms with E-state index in [1.807, 2.05) is 13.0 Å². The highest BCUT2D eigenvalue weighted by Gasteiger charge is 2.30. The van der Waals surface area contributed by atoms with Crippen molar-refractivity contribution in [1.82, 2.24) is 25.2 Å².